The molecule has 2 aromatic heterocycles. The van der Waals surface area contributed by atoms with E-state index >= 15 is 0 Å². The summed E-state index contributed by atoms with van der Waals surface area (Å²) in [5.74, 6) is 0.217. The van der Waals surface area contributed by atoms with Gasteiger partial charge in [0.1, 0.15) is 0 Å². The molecule has 0 bridgehead atoms. The zero-order valence-electron chi connectivity index (χ0n) is 17.2. The predicted octanol–water partition coefficient (Wildman–Crippen LogP) is 6.16. The van der Waals surface area contributed by atoms with Gasteiger partial charge in [0, 0.05) is 15.8 Å². The van der Waals surface area contributed by atoms with E-state index in [0.717, 1.165) is 32.6 Å². The minimum absolute atomic E-state index is 0.251. The van der Waals surface area contributed by atoms with Gasteiger partial charge in [0.2, 0.25) is 0 Å². The number of thiophene rings is 1. The highest BCUT2D eigenvalue weighted by atomic mass is 32.1. The van der Waals surface area contributed by atoms with Gasteiger partial charge >= 0.3 is 0 Å². The molecule has 0 fully saturated rings. The summed E-state index contributed by atoms with van der Waals surface area (Å²) in [6.07, 6.45) is 1.69. The molecule has 0 spiro atoms. The van der Waals surface area contributed by atoms with E-state index in [4.69, 9.17) is 4.98 Å². The van der Waals surface area contributed by atoms with E-state index in [-0.39, 0.29) is 5.91 Å². The summed E-state index contributed by atoms with van der Waals surface area (Å²) >= 11 is 1.59. The highest BCUT2D eigenvalue weighted by Gasteiger charge is 2.14. The lowest BCUT2D eigenvalue weighted by molar-refractivity contribution is 0.0956. The standard InChI is InChI=1S/C25H23N3OS/c1-16(2)18-8-10-19(11-9-18)23-14-21(20-6-4-5-7-22(20)27-23)25(29)28-26-15-24-17(3)12-13-30-24/h4-16H,1-3H3,(H,28,29)/b26-15+. The van der Waals surface area contributed by atoms with Gasteiger partial charge in [-0.3, -0.25) is 4.79 Å². The second-order valence-electron chi connectivity index (χ2n) is 7.52. The van der Waals surface area contributed by atoms with Gasteiger partial charge in [-0.25, -0.2) is 10.4 Å². The maximum absolute atomic E-state index is 12.9. The number of para-hydroxylation sites is 1. The number of carbonyl (C=O) groups excluding carboxylic acids is 1. The first kappa shape index (κ1) is 20.0. The number of amides is 1. The third kappa shape index (κ3) is 4.16. The van der Waals surface area contributed by atoms with Crippen molar-refractivity contribution in [2.24, 2.45) is 5.10 Å². The number of hydrogen-bond acceptors (Lipinski definition) is 4. The molecule has 5 heteroatoms. The van der Waals surface area contributed by atoms with Crippen molar-refractivity contribution in [1.82, 2.24) is 10.4 Å². The molecule has 1 N–H and O–H groups in total. The first-order valence-electron chi connectivity index (χ1n) is 9.90. The zero-order valence-corrected chi connectivity index (χ0v) is 18.0. The van der Waals surface area contributed by atoms with Crippen LogP contribution in [0.25, 0.3) is 22.2 Å². The molecular formula is C25H23N3OS. The predicted molar refractivity (Wildman–Crippen MR) is 125 cm³/mol. The van der Waals surface area contributed by atoms with Crippen LogP contribution in [0.3, 0.4) is 0 Å². The fourth-order valence-electron chi connectivity index (χ4n) is 3.28. The molecule has 0 aliphatic heterocycles. The molecule has 0 unspecified atom stereocenters. The van der Waals surface area contributed by atoms with Crippen molar-refractivity contribution < 1.29 is 4.79 Å². The van der Waals surface area contributed by atoms with Crippen molar-refractivity contribution in [2.75, 3.05) is 0 Å². The number of aromatic nitrogens is 1. The second kappa shape index (κ2) is 8.59. The van der Waals surface area contributed by atoms with Crippen molar-refractivity contribution in [3.63, 3.8) is 0 Å². The van der Waals surface area contributed by atoms with Crippen LogP contribution in [0, 0.1) is 6.92 Å². The van der Waals surface area contributed by atoms with Gasteiger partial charge in [-0.2, -0.15) is 5.10 Å². The average molecular weight is 414 g/mol. The second-order valence-corrected chi connectivity index (χ2v) is 8.46. The Morgan fingerprint density at radius 1 is 1.10 bits per heavy atom. The first-order chi connectivity index (χ1) is 14.5. The molecule has 0 radical (unpaired) electrons. The summed E-state index contributed by atoms with van der Waals surface area (Å²) in [5, 5.41) is 6.97. The van der Waals surface area contributed by atoms with Crippen LogP contribution in [0.5, 0.6) is 0 Å². The molecule has 0 saturated heterocycles. The Labute approximate surface area is 180 Å². The number of nitrogens with one attached hydrogen (secondary N) is 1. The SMILES string of the molecule is Cc1ccsc1/C=N/NC(=O)c1cc(-c2ccc(C(C)C)cc2)nc2ccccc12. The zero-order chi connectivity index (χ0) is 21.1. The summed E-state index contributed by atoms with van der Waals surface area (Å²) < 4.78 is 0. The van der Waals surface area contributed by atoms with Crippen molar-refractivity contribution >= 4 is 34.4 Å². The van der Waals surface area contributed by atoms with E-state index in [1.54, 1.807) is 17.6 Å². The Balaban J connectivity index is 1.68. The van der Waals surface area contributed by atoms with Crippen LogP contribution in [0.4, 0.5) is 0 Å². The lowest BCUT2D eigenvalue weighted by atomic mass is 9.99. The summed E-state index contributed by atoms with van der Waals surface area (Å²) in [4.78, 5) is 18.8. The Bertz CT molecular complexity index is 1220. The van der Waals surface area contributed by atoms with Crippen molar-refractivity contribution in [3.05, 3.63) is 87.6 Å². The number of aryl methyl sites for hydroxylation is 1. The van der Waals surface area contributed by atoms with E-state index < -0.39 is 0 Å². The number of hydrogen-bond donors (Lipinski definition) is 1. The van der Waals surface area contributed by atoms with Gasteiger partial charge in [-0.1, -0.05) is 56.3 Å². The largest absolute Gasteiger partial charge is 0.272 e. The minimum atomic E-state index is -0.251. The number of benzene rings is 2. The lowest BCUT2D eigenvalue weighted by Gasteiger charge is -2.10. The van der Waals surface area contributed by atoms with Crippen LogP contribution in [0.2, 0.25) is 0 Å². The Morgan fingerprint density at radius 2 is 1.87 bits per heavy atom. The number of pyridine rings is 1. The van der Waals surface area contributed by atoms with Crippen LogP contribution < -0.4 is 5.43 Å². The van der Waals surface area contributed by atoms with Gasteiger partial charge in [0.25, 0.3) is 5.91 Å². The fraction of sp³-hybridized carbons (Fsp3) is 0.160. The number of hydrazone groups is 1. The lowest BCUT2D eigenvalue weighted by Crippen LogP contribution is -2.18. The highest BCUT2D eigenvalue weighted by Crippen LogP contribution is 2.26. The maximum Gasteiger partial charge on any atom is 0.272 e. The minimum Gasteiger partial charge on any atom is -0.267 e. The summed E-state index contributed by atoms with van der Waals surface area (Å²) in [6, 6.07) is 19.9. The van der Waals surface area contributed by atoms with Gasteiger partial charge in [-0.15, -0.1) is 11.3 Å². The normalized spacial score (nSPS) is 11.5. The number of rotatable bonds is 5. The third-order valence-corrected chi connectivity index (χ3v) is 6.04. The molecule has 4 nitrogen and oxygen atoms in total. The molecular weight excluding hydrogens is 390 g/mol. The van der Waals surface area contributed by atoms with Crippen molar-refractivity contribution in [1.29, 1.82) is 0 Å². The van der Waals surface area contributed by atoms with Gasteiger partial charge < -0.3 is 0 Å². The van der Waals surface area contributed by atoms with E-state index in [1.165, 1.54) is 5.56 Å². The average Bonchev–Trinajstić information content (AvgIpc) is 3.17. The Kier molecular flexibility index (Phi) is 5.72. The van der Waals surface area contributed by atoms with Crippen LogP contribution in [0.1, 0.15) is 46.1 Å². The van der Waals surface area contributed by atoms with Crippen LogP contribution in [0.15, 0.2) is 71.1 Å². The van der Waals surface area contributed by atoms with Crippen LogP contribution >= 0.6 is 11.3 Å². The number of carbonyl (C=O) groups is 1. The van der Waals surface area contributed by atoms with Crippen molar-refractivity contribution in [3.8, 4) is 11.3 Å². The van der Waals surface area contributed by atoms with Crippen molar-refractivity contribution in [2.45, 2.75) is 26.7 Å². The van der Waals surface area contributed by atoms with Crippen LogP contribution in [-0.2, 0) is 0 Å². The van der Waals surface area contributed by atoms with E-state index in [2.05, 4.69) is 48.6 Å². The maximum atomic E-state index is 12.9. The Hall–Kier alpha value is -3.31. The van der Waals surface area contributed by atoms with E-state index in [9.17, 15) is 4.79 Å². The smallest absolute Gasteiger partial charge is 0.267 e. The van der Waals surface area contributed by atoms with Gasteiger partial charge in [0.15, 0.2) is 0 Å². The molecule has 4 rings (SSSR count). The summed E-state index contributed by atoms with van der Waals surface area (Å²) in [5.41, 5.74) is 8.18. The fourth-order valence-corrected chi connectivity index (χ4v) is 4.06. The molecule has 150 valence electrons. The quantitative estimate of drug-likeness (QED) is 0.315. The molecule has 4 aromatic rings. The molecule has 2 aromatic carbocycles. The number of nitrogens with zero attached hydrogens (tertiary/aromatic N) is 2. The number of fused-ring (bicyclic) bond motifs is 1. The molecule has 0 saturated carbocycles. The molecule has 1 amide bonds. The Morgan fingerprint density at radius 3 is 2.57 bits per heavy atom. The first-order valence-corrected chi connectivity index (χ1v) is 10.8. The molecule has 0 aliphatic rings. The monoisotopic (exact) mass is 413 g/mol. The van der Waals surface area contributed by atoms with Gasteiger partial charge in [0.05, 0.1) is 23.0 Å². The summed E-state index contributed by atoms with van der Waals surface area (Å²) in [7, 11) is 0. The summed E-state index contributed by atoms with van der Waals surface area (Å²) in [6.45, 7) is 6.36. The third-order valence-electron chi connectivity index (χ3n) is 5.08. The highest BCUT2D eigenvalue weighted by molar-refractivity contribution is 7.11. The molecule has 0 atom stereocenters. The van der Waals surface area contributed by atoms with E-state index in [1.807, 2.05) is 48.7 Å². The molecule has 2 heterocycles. The van der Waals surface area contributed by atoms with Gasteiger partial charge in [-0.05, 0) is 47.5 Å². The molecule has 0 aliphatic carbocycles. The topological polar surface area (TPSA) is 54.4 Å². The van der Waals surface area contributed by atoms with E-state index in [0.29, 0.717) is 11.5 Å². The molecule has 30 heavy (non-hydrogen) atoms. The van der Waals surface area contributed by atoms with Crippen LogP contribution in [-0.4, -0.2) is 17.1 Å².